The van der Waals surface area contributed by atoms with Crippen molar-refractivity contribution in [3.8, 4) is 33.4 Å². The average molecular weight is 664 g/mol. The van der Waals surface area contributed by atoms with Crippen molar-refractivity contribution in [2.24, 2.45) is 0 Å². The summed E-state index contributed by atoms with van der Waals surface area (Å²) in [5, 5.41) is 7.03. The molecule has 10 aromatic rings. The lowest BCUT2D eigenvalue weighted by Crippen LogP contribution is -2.10. The van der Waals surface area contributed by atoms with Gasteiger partial charge in [-0.25, -0.2) is 0 Å². The first-order valence-electron chi connectivity index (χ1n) is 17.8. The van der Waals surface area contributed by atoms with Crippen molar-refractivity contribution >= 4 is 60.5 Å². The van der Waals surface area contributed by atoms with Gasteiger partial charge in [0, 0.05) is 33.1 Å². The largest absolute Gasteiger partial charge is 0.456 e. The molecule has 0 radical (unpaired) electrons. The Bertz CT molecular complexity index is 2890. The third-order valence-electron chi connectivity index (χ3n) is 10.2. The zero-order valence-corrected chi connectivity index (χ0v) is 28.4. The molecular weight excluding hydrogens is 631 g/mol. The summed E-state index contributed by atoms with van der Waals surface area (Å²) in [5.74, 6) is 0. The summed E-state index contributed by atoms with van der Waals surface area (Å²) in [7, 11) is 0. The number of nitrogens with zero attached hydrogens (tertiary/aromatic N) is 1. The number of hydrogen-bond donors (Lipinski definition) is 0. The second-order valence-corrected chi connectivity index (χ2v) is 13.3. The van der Waals surface area contributed by atoms with Gasteiger partial charge in [-0.1, -0.05) is 152 Å². The standard InChI is InChI=1S/C50H33NO/c1-3-14-34(15-4-1)36-17-13-18-37(32-36)35-26-28-40(29-27-35)51(39-19-5-2-6-20-39)46-31-30-44(42-22-9-10-23-43(42)46)49-41-21-8-7-16-38(41)33-48-50(49)45-24-11-12-25-47(45)52-48/h1-33H. The van der Waals surface area contributed by atoms with Crippen LogP contribution in [0.15, 0.2) is 205 Å². The number of para-hydroxylation sites is 2. The molecule has 244 valence electrons. The van der Waals surface area contributed by atoms with E-state index in [4.69, 9.17) is 4.42 Å². The molecule has 0 saturated carbocycles. The quantitative estimate of drug-likeness (QED) is 0.176. The second-order valence-electron chi connectivity index (χ2n) is 13.3. The van der Waals surface area contributed by atoms with E-state index in [-0.39, 0.29) is 0 Å². The number of fused-ring (bicyclic) bond motifs is 5. The number of anilines is 3. The van der Waals surface area contributed by atoms with Crippen molar-refractivity contribution in [2.45, 2.75) is 0 Å². The third kappa shape index (κ3) is 5.04. The van der Waals surface area contributed by atoms with Gasteiger partial charge in [-0.15, -0.1) is 0 Å². The Balaban J connectivity index is 1.15. The van der Waals surface area contributed by atoms with Gasteiger partial charge in [0.25, 0.3) is 0 Å². The van der Waals surface area contributed by atoms with Crippen molar-refractivity contribution in [3.63, 3.8) is 0 Å². The summed E-state index contributed by atoms with van der Waals surface area (Å²) in [6.45, 7) is 0. The predicted octanol–water partition coefficient (Wildman–Crippen LogP) is 14.4. The number of hydrogen-bond acceptors (Lipinski definition) is 2. The van der Waals surface area contributed by atoms with Gasteiger partial charge >= 0.3 is 0 Å². The molecule has 2 heteroatoms. The highest BCUT2D eigenvalue weighted by Crippen LogP contribution is 2.47. The molecule has 0 saturated heterocycles. The fraction of sp³-hybridized carbons (Fsp3) is 0. The van der Waals surface area contributed by atoms with Crippen LogP contribution < -0.4 is 4.90 Å². The summed E-state index contributed by atoms with van der Waals surface area (Å²) < 4.78 is 6.47. The molecule has 0 atom stereocenters. The minimum Gasteiger partial charge on any atom is -0.456 e. The molecule has 52 heavy (non-hydrogen) atoms. The maximum absolute atomic E-state index is 6.47. The maximum atomic E-state index is 6.47. The van der Waals surface area contributed by atoms with E-state index in [1.807, 2.05) is 6.07 Å². The zero-order valence-electron chi connectivity index (χ0n) is 28.4. The van der Waals surface area contributed by atoms with Crippen LogP contribution in [0.5, 0.6) is 0 Å². The summed E-state index contributed by atoms with van der Waals surface area (Å²) >= 11 is 0. The molecule has 0 aliphatic rings. The van der Waals surface area contributed by atoms with Crippen LogP contribution in [0.2, 0.25) is 0 Å². The SMILES string of the molecule is c1ccc(-c2cccc(-c3ccc(N(c4ccccc4)c4ccc(-c5c6ccccc6cc6oc7ccccc7c56)c5ccccc45)cc3)c2)cc1. The van der Waals surface area contributed by atoms with Gasteiger partial charge in [-0.2, -0.15) is 0 Å². The van der Waals surface area contributed by atoms with Crippen molar-refractivity contribution in [1.82, 2.24) is 0 Å². The van der Waals surface area contributed by atoms with Gasteiger partial charge in [0.1, 0.15) is 11.2 Å². The Morgan fingerprint density at radius 3 is 1.69 bits per heavy atom. The molecule has 0 unspecified atom stereocenters. The van der Waals surface area contributed by atoms with Crippen molar-refractivity contribution in [2.75, 3.05) is 4.90 Å². The van der Waals surface area contributed by atoms with E-state index in [2.05, 4.69) is 199 Å². The first-order valence-corrected chi connectivity index (χ1v) is 17.8. The van der Waals surface area contributed by atoms with Crippen LogP contribution in [0.3, 0.4) is 0 Å². The van der Waals surface area contributed by atoms with Gasteiger partial charge in [-0.3, -0.25) is 0 Å². The smallest absolute Gasteiger partial charge is 0.136 e. The third-order valence-corrected chi connectivity index (χ3v) is 10.2. The molecule has 0 aliphatic heterocycles. The van der Waals surface area contributed by atoms with E-state index in [0.717, 1.165) is 44.4 Å². The van der Waals surface area contributed by atoms with Crippen molar-refractivity contribution in [3.05, 3.63) is 200 Å². The molecule has 0 bridgehead atoms. The van der Waals surface area contributed by atoms with Crippen LogP contribution in [0.1, 0.15) is 0 Å². The minimum atomic E-state index is 0.903. The Morgan fingerprint density at radius 2 is 0.923 bits per heavy atom. The topological polar surface area (TPSA) is 16.4 Å². The second kappa shape index (κ2) is 12.5. The van der Waals surface area contributed by atoms with E-state index in [0.29, 0.717) is 0 Å². The van der Waals surface area contributed by atoms with E-state index in [1.165, 1.54) is 49.5 Å². The Kier molecular flexibility index (Phi) is 7.18. The highest BCUT2D eigenvalue weighted by Gasteiger charge is 2.21. The lowest BCUT2D eigenvalue weighted by atomic mass is 9.89. The molecule has 0 aliphatic carbocycles. The normalized spacial score (nSPS) is 11.5. The van der Waals surface area contributed by atoms with E-state index in [9.17, 15) is 0 Å². The Morgan fingerprint density at radius 1 is 0.346 bits per heavy atom. The fourth-order valence-corrected chi connectivity index (χ4v) is 7.84. The molecule has 1 heterocycles. The summed E-state index contributed by atoms with van der Waals surface area (Å²) in [6.07, 6.45) is 0. The summed E-state index contributed by atoms with van der Waals surface area (Å²) in [5.41, 5.74) is 12.3. The zero-order chi connectivity index (χ0) is 34.4. The molecule has 10 rings (SSSR count). The predicted molar refractivity (Wildman–Crippen MR) is 220 cm³/mol. The van der Waals surface area contributed by atoms with Crippen molar-refractivity contribution in [1.29, 1.82) is 0 Å². The highest BCUT2D eigenvalue weighted by atomic mass is 16.3. The Labute approximate surface area is 302 Å². The monoisotopic (exact) mass is 663 g/mol. The lowest BCUT2D eigenvalue weighted by molar-refractivity contribution is 0.669. The first kappa shape index (κ1) is 30.0. The first-order chi connectivity index (χ1) is 25.8. The minimum absolute atomic E-state index is 0.903. The molecule has 0 fully saturated rings. The van der Waals surface area contributed by atoms with Gasteiger partial charge in [0.15, 0.2) is 0 Å². The van der Waals surface area contributed by atoms with Gasteiger partial charge in [0.2, 0.25) is 0 Å². The van der Waals surface area contributed by atoms with Crippen LogP contribution in [0.4, 0.5) is 17.1 Å². The molecule has 0 spiro atoms. The van der Waals surface area contributed by atoms with Crippen LogP contribution >= 0.6 is 0 Å². The van der Waals surface area contributed by atoms with Crippen LogP contribution in [0, 0.1) is 0 Å². The molecule has 1 aromatic heterocycles. The fourth-order valence-electron chi connectivity index (χ4n) is 7.84. The Hall–Kier alpha value is -6.90. The summed E-state index contributed by atoms with van der Waals surface area (Å²) in [6, 6.07) is 71.6. The van der Waals surface area contributed by atoms with Crippen LogP contribution in [-0.4, -0.2) is 0 Å². The van der Waals surface area contributed by atoms with Gasteiger partial charge in [0.05, 0.1) is 5.69 Å². The molecular formula is C50H33NO. The van der Waals surface area contributed by atoms with E-state index < -0.39 is 0 Å². The highest BCUT2D eigenvalue weighted by molar-refractivity contribution is 6.24. The van der Waals surface area contributed by atoms with E-state index >= 15 is 0 Å². The maximum Gasteiger partial charge on any atom is 0.136 e. The van der Waals surface area contributed by atoms with Crippen LogP contribution in [0.25, 0.3) is 76.9 Å². The van der Waals surface area contributed by atoms with Crippen molar-refractivity contribution < 1.29 is 4.42 Å². The van der Waals surface area contributed by atoms with E-state index in [1.54, 1.807) is 0 Å². The lowest BCUT2D eigenvalue weighted by Gasteiger charge is -2.28. The summed E-state index contributed by atoms with van der Waals surface area (Å²) in [4.78, 5) is 2.38. The molecule has 0 amide bonds. The number of rotatable bonds is 6. The molecule has 2 nitrogen and oxygen atoms in total. The molecule has 0 N–H and O–H groups in total. The van der Waals surface area contributed by atoms with Gasteiger partial charge < -0.3 is 9.32 Å². The average Bonchev–Trinajstić information content (AvgIpc) is 3.59. The number of furan rings is 1. The number of benzene rings is 9. The van der Waals surface area contributed by atoms with Gasteiger partial charge in [-0.05, 0) is 92.5 Å². The molecule has 9 aromatic carbocycles. The van der Waals surface area contributed by atoms with Crippen LogP contribution in [-0.2, 0) is 0 Å².